The molecule has 6 amide bonds. The molecule has 2 aliphatic heterocycles. The van der Waals surface area contributed by atoms with Crippen LogP contribution in [0.15, 0.2) is 66.7 Å². The van der Waals surface area contributed by atoms with Gasteiger partial charge in [0.1, 0.15) is 12.6 Å². The summed E-state index contributed by atoms with van der Waals surface area (Å²) in [5, 5.41) is 7.69. The lowest BCUT2D eigenvalue weighted by Gasteiger charge is -2.27. The highest BCUT2D eigenvalue weighted by atomic mass is 16.6. The zero-order valence-electron chi connectivity index (χ0n) is 30.6. The largest absolute Gasteiger partial charge is 0.449 e. The lowest BCUT2D eigenvalue weighted by molar-refractivity contribution is -0.136. The molecule has 1 fully saturated rings. The van der Waals surface area contributed by atoms with Crippen LogP contribution in [0.25, 0.3) is 11.1 Å². The minimum Gasteiger partial charge on any atom is -0.449 e. The maximum absolute atomic E-state index is 13.2. The molecule has 0 radical (unpaired) electrons. The molecule has 0 aromatic heterocycles. The Kier molecular flexibility index (Phi) is 13.7. The third-order valence-corrected chi connectivity index (χ3v) is 9.76. The van der Waals surface area contributed by atoms with Crippen LogP contribution in [0.1, 0.15) is 82.7 Å². The summed E-state index contributed by atoms with van der Waals surface area (Å²) in [4.78, 5) is 75.9. The van der Waals surface area contributed by atoms with E-state index in [0.717, 1.165) is 17.7 Å². The quantitative estimate of drug-likeness (QED) is 0.109. The monoisotopic (exact) mass is 754 g/mol. The summed E-state index contributed by atoms with van der Waals surface area (Å²) in [5.74, 6) is -2.70. The minimum atomic E-state index is -1.08. The lowest BCUT2D eigenvalue weighted by atomic mass is 9.98. The maximum atomic E-state index is 13.2. The summed E-state index contributed by atoms with van der Waals surface area (Å²) in [5.41, 5.74) is 5.10. The second-order valence-corrected chi connectivity index (χ2v) is 13.5. The van der Waals surface area contributed by atoms with Gasteiger partial charge in [-0.25, -0.2) is 4.79 Å². The average molecular weight is 755 g/mol. The van der Waals surface area contributed by atoms with E-state index in [-0.39, 0.29) is 54.5 Å². The van der Waals surface area contributed by atoms with Gasteiger partial charge < -0.3 is 29.6 Å². The summed E-state index contributed by atoms with van der Waals surface area (Å²) in [6.45, 7) is 3.46. The van der Waals surface area contributed by atoms with Crippen molar-refractivity contribution >= 4 is 41.3 Å². The number of nitrogens with zero attached hydrogens (tertiary/aromatic N) is 1. The molecular weight excluding hydrogens is 708 g/mol. The second-order valence-electron chi connectivity index (χ2n) is 13.5. The summed E-state index contributed by atoms with van der Waals surface area (Å²) < 4.78 is 22.3. The normalized spacial score (nSPS) is 16.1. The van der Waals surface area contributed by atoms with Crippen LogP contribution in [-0.2, 0) is 33.3 Å². The Bertz CT molecular complexity index is 1850. The zero-order valence-corrected chi connectivity index (χ0v) is 30.6. The minimum absolute atomic E-state index is 0.0251. The van der Waals surface area contributed by atoms with Crippen LogP contribution in [0.4, 0.5) is 10.5 Å². The fourth-order valence-corrected chi connectivity index (χ4v) is 7.05. The predicted molar refractivity (Wildman–Crippen MR) is 200 cm³/mol. The van der Waals surface area contributed by atoms with Gasteiger partial charge in [0, 0.05) is 38.5 Å². The molecule has 1 atom stereocenters. The van der Waals surface area contributed by atoms with Gasteiger partial charge in [0.25, 0.3) is 11.8 Å². The predicted octanol–water partition coefficient (Wildman–Crippen LogP) is 4.57. The van der Waals surface area contributed by atoms with Crippen molar-refractivity contribution in [2.24, 2.45) is 0 Å². The van der Waals surface area contributed by atoms with Gasteiger partial charge in [-0.15, -0.1) is 0 Å². The van der Waals surface area contributed by atoms with E-state index in [9.17, 15) is 28.8 Å². The lowest BCUT2D eigenvalue weighted by Crippen LogP contribution is -2.54. The SMILES string of the molecule is O=C1CCC(N2C(=O)c3cccc(NC(=O)CCCCCOCCOCCOCCCNC(=O)OCC4c5ccccc5-c5ccccc54)c3C2=O)C(=O)N1. The van der Waals surface area contributed by atoms with Gasteiger partial charge in [-0.1, -0.05) is 61.0 Å². The number of imide groups is 2. The molecule has 3 N–H and O–H groups in total. The number of unbranched alkanes of at least 4 members (excludes halogenated alkanes) is 2. The molecule has 2 heterocycles. The molecule has 3 aromatic carbocycles. The molecule has 3 aromatic rings. The van der Waals surface area contributed by atoms with Crippen LogP contribution in [0.2, 0.25) is 0 Å². The number of amides is 6. The number of benzene rings is 3. The van der Waals surface area contributed by atoms with Crippen molar-refractivity contribution in [3.63, 3.8) is 0 Å². The van der Waals surface area contributed by atoms with E-state index < -0.39 is 35.8 Å². The van der Waals surface area contributed by atoms with Gasteiger partial charge >= 0.3 is 6.09 Å². The molecule has 0 saturated carbocycles. The first-order valence-electron chi connectivity index (χ1n) is 18.8. The van der Waals surface area contributed by atoms with Crippen LogP contribution >= 0.6 is 0 Å². The smallest absolute Gasteiger partial charge is 0.407 e. The second kappa shape index (κ2) is 19.2. The molecule has 55 heavy (non-hydrogen) atoms. The van der Waals surface area contributed by atoms with E-state index in [0.29, 0.717) is 59.0 Å². The first-order chi connectivity index (χ1) is 26.8. The Labute approximate surface area is 319 Å². The molecule has 1 aliphatic carbocycles. The highest BCUT2D eigenvalue weighted by Crippen LogP contribution is 2.44. The molecule has 14 heteroatoms. The number of ether oxygens (including phenoxy) is 4. The fraction of sp³-hybridized carbons (Fsp3) is 0.415. The molecular formula is C41H46N4O10. The fourth-order valence-electron chi connectivity index (χ4n) is 7.05. The average Bonchev–Trinajstić information content (AvgIpc) is 3.64. The molecule has 0 spiro atoms. The number of hydrogen-bond donors (Lipinski definition) is 3. The van der Waals surface area contributed by atoms with Crippen molar-refractivity contribution in [3.05, 3.63) is 89.0 Å². The van der Waals surface area contributed by atoms with E-state index >= 15 is 0 Å². The van der Waals surface area contributed by atoms with Crippen molar-refractivity contribution in [1.82, 2.24) is 15.5 Å². The summed E-state index contributed by atoms with van der Waals surface area (Å²) in [6.07, 6.45) is 2.63. The number of carbonyl (C=O) groups excluding carboxylic acids is 6. The highest BCUT2D eigenvalue weighted by molar-refractivity contribution is 6.26. The summed E-state index contributed by atoms with van der Waals surface area (Å²) in [6, 6.07) is 20.0. The van der Waals surface area contributed by atoms with Crippen LogP contribution < -0.4 is 16.0 Å². The number of piperidine rings is 1. The van der Waals surface area contributed by atoms with Gasteiger partial charge in [-0.3, -0.25) is 34.2 Å². The van der Waals surface area contributed by atoms with Crippen LogP contribution in [0, 0.1) is 0 Å². The Balaban J connectivity index is 0.743. The van der Waals surface area contributed by atoms with Gasteiger partial charge in [0.15, 0.2) is 0 Å². The topological polar surface area (TPSA) is 179 Å². The highest BCUT2D eigenvalue weighted by Gasteiger charge is 2.45. The van der Waals surface area contributed by atoms with E-state index in [1.165, 1.54) is 28.3 Å². The van der Waals surface area contributed by atoms with Crippen molar-refractivity contribution in [2.45, 2.75) is 56.9 Å². The Morgan fingerprint density at radius 2 is 1.35 bits per heavy atom. The molecule has 1 unspecified atom stereocenters. The van der Waals surface area contributed by atoms with Gasteiger partial charge in [-0.2, -0.15) is 0 Å². The summed E-state index contributed by atoms with van der Waals surface area (Å²) in [7, 11) is 0. The first kappa shape index (κ1) is 39.3. The number of alkyl carbamates (subject to hydrolysis) is 1. The van der Waals surface area contributed by atoms with Gasteiger partial charge in [-0.05, 0) is 60.1 Å². The van der Waals surface area contributed by atoms with E-state index in [1.807, 2.05) is 24.3 Å². The van der Waals surface area contributed by atoms with Crippen LogP contribution in [0.3, 0.4) is 0 Å². The third kappa shape index (κ3) is 9.82. The number of fused-ring (bicyclic) bond motifs is 4. The van der Waals surface area contributed by atoms with Crippen molar-refractivity contribution < 1.29 is 47.7 Å². The number of hydrogen-bond acceptors (Lipinski definition) is 10. The maximum Gasteiger partial charge on any atom is 0.407 e. The van der Waals surface area contributed by atoms with Gasteiger partial charge in [0.2, 0.25) is 17.7 Å². The Hall–Kier alpha value is -5.44. The first-order valence-corrected chi connectivity index (χ1v) is 18.8. The molecule has 3 aliphatic rings. The van der Waals surface area contributed by atoms with E-state index in [4.69, 9.17) is 18.9 Å². The molecule has 0 bridgehead atoms. The third-order valence-electron chi connectivity index (χ3n) is 9.76. The number of nitrogens with one attached hydrogen (secondary N) is 3. The van der Waals surface area contributed by atoms with Crippen molar-refractivity contribution in [1.29, 1.82) is 0 Å². The number of anilines is 1. The van der Waals surface area contributed by atoms with Crippen molar-refractivity contribution in [3.8, 4) is 11.1 Å². The Morgan fingerprint density at radius 1 is 0.709 bits per heavy atom. The van der Waals surface area contributed by atoms with Crippen LogP contribution in [0.5, 0.6) is 0 Å². The summed E-state index contributed by atoms with van der Waals surface area (Å²) >= 11 is 0. The van der Waals surface area contributed by atoms with Crippen LogP contribution in [-0.4, -0.2) is 99.4 Å². The Morgan fingerprint density at radius 3 is 2.04 bits per heavy atom. The van der Waals surface area contributed by atoms with Gasteiger partial charge in [0.05, 0.1) is 43.2 Å². The standard InChI is InChI=1S/C41H46N4O10/c46-35(43-33-15-8-14-31-37(33)40(50)45(39(31)49)34-17-18-36(47)44-38(34)48)16-2-1-7-20-52-22-24-54-25-23-53-21-9-19-42-41(51)55-26-32-29-12-5-3-10-27(29)28-11-4-6-13-30(28)32/h3-6,8,10-15,32,34H,1-2,7,9,16-26H2,(H,42,51)(H,43,46)(H,44,47,48). The molecule has 14 nitrogen and oxygen atoms in total. The number of rotatable bonds is 20. The molecule has 6 rings (SSSR count). The number of carbonyl (C=O) groups is 6. The zero-order chi connectivity index (χ0) is 38.6. The molecule has 290 valence electrons. The van der Waals surface area contributed by atoms with Crippen molar-refractivity contribution in [2.75, 3.05) is 58.1 Å². The molecule has 1 saturated heterocycles. The van der Waals surface area contributed by atoms with E-state index in [1.54, 1.807) is 12.1 Å². The van der Waals surface area contributed by atoms with E-state index in [2.05, 4.69) is 40.2 Å².